The van der Waals surface area contributed by atoms with Crippen molar-refractivity contribution in [1.29, 1.82) is 0 Å². The van der Waals surface area contributed by atoms with Crippen molar-refractivity contribution in [2.75, 3.05) is 0 Å². The third-order valence-corrected chi connectivity index (χ3v) is 2.60. The van der Waals surface area contributed by atoms with E-state index in [1.807, 2.05) is 22.6 Å². The maximum absolute atomic E-state index is 11.3. The smallest absolute Gasteiger partial charge is 0.428 e. The van der Waals surface area contributed by atoms with Crippen LogP contribution in [0.1, 0.15) is 26.3 Å². The SMILES string of the molecule is CC(C)(C)OC(=O)N/N=C/c1ccc(O)c(I)c1. The molecular formula is C12H15IN2O3. The number of carbonyl (C=O) groups excluding carboxylic acids is 1. The highest BCUT2D eigenvalue weighted by molar-refractivity contribution is 14.1. The zero-order chi connectivity index (χ0) is 13.8. The third kappa shape index (κ3) is 5.35. The Morgan fingerprint density at radius 2 is 2.17 bits per heavy atom. The van der Waals surface area contributed by atoms with Gasteiger partial charge in [-0.1, -0.05) is 0 Å². The van der Waals surface area contributed by atoms with Crippen LogP contribution in [0.15, 0.2) is 23.3 Å². The van der Waals surface area contributed by atoms with Crippen LogP contribution in [0.4, 0.5) is 4.79 Å². The van der Waals surface area contributed by atoms with Gasteiger partial charge in [0.15, 0.2) is 0 Å². The molecule has 0 aliphatic carbocycles. The molecule has 0 aliphatic heterocycles. The van der Waals surface area contributed by atoms with Gasteiger partial charge in [-0.15, -0.1) is 0 Å². The van der Waals surface area contributed by atoms with Crippen molar-refractivity contribution in [1.82, 2.24) is 5.43 Å². The lowest BCUT2D eigenvalue weighted by atomic mass is 10.2. The highest BCUT2D eigenvalue weighted by Crippen LogP contribution is 2.19. The van der Waals surface area contributed by atoms with E-state index in [9.17, 15) is 9.90 Å². The Labute approximate surface area is 119 Å². The maximum atomic E-state index is 11.3. The molecule has 0 fully saturated rings. The Bertz CT molecular complexity index is 467. The zero-order valence-electron chi connectivity index (χ0n) is 10.4. The number of phenols is 1. The number of hydrogen-bond donors (Lipinski definition) is 2. The Balaban J connectivity index is 2.55. The van der Waals surface area contributed by atoms with Crippen molar-refractivity contribution in [3.63, 3.8) is 0 Å². The molecule has 1 rings (SSSR count). The van der Waals surface area contributed by atoms with Gasteiger partial charge < -0.3 is 9.84 Å². The molecule has 0 spiro atoms. The monoisotopic (exact) mass is 362 g/mol. The van der Waals surface area contributed by atoms with Crippen LogP contribution in [0.2, 0.25) is 0 Å². The average Bonchev–Trinajstić information content (AvgIpc) is 2.20. The van der Waals surface area contributed by atoms with Gasteiger partial charge in [0.25, 0.3) is 0 Å². The Hall–Kier alpha value is -1.31. The maximum Gasteiger partial charge on any atom is 0.428 e. The summed E-state index contributed by atoms with van der Waals surface area (Å²) < 4.78 is 5.73. The molecule has 0 saturated heterocycles. The molecule has 6 heteroatoms. The van der Waals surface area contributed by atoms with Crippen LogP contribution in [0.25, 0.3) is 0 Å². The summed E-state index contributed by atoms with van der Waals surface area (Å²) in [6.45, 7) is 5.33. The quantitative estimate of drug-likeness (QED) is 0.483. The first kappa shape index (κ1) is 14.7. The van der Waals surface area contributed by atoms with Gasteiger partial charge in [-0.3, -0.25) is 0 Å². The van der Waals surface area contributed by atoms with Crippen LogP contribution in [0, 0.1) is 3.57 Å². The van der Waals surface area contributed by atoms with E-state index in [-0.39, 0.29) is 5.75 Å². The molecule has 5 nitrogen and oxygen atoms in total. The third-order valence-electron chi connectivity index (χ3n) is 1.74. The first-order valence-corrected chi connectivity index (χ1v) is 6.36. The summed E-state index contributed by atoms with van der Waals surface area (Å²) in [5.74, 6) is 0.216. The number of carbonyl (C=O) groups is 1. The van der Waals surface area contributed by atoms with Gasteiger partial charge in [-0.05, 0) is 67.1 Å². The number of benzene rings is 1. The van der Waals surface area contributed by atoms with Crippen molar-refractivity contribution in [2.45, 2.75) is 26.4 Å². The van der Waals surface area contributed by atoms with E-state index < -0.39 is 11.7 Å². The molecule has 98 valence electrons. The summed E-state index contributed by atoms with van der Waals surface area (Å²) in [6, 6.07) is 5.00. The number of rotatable bonds is 2. The minimum atomic E-state index is -0.604. The summed E-state index contributed by atoms with van der Waals surface area (Å²) >= 11 is 2.01. The van der Waals surface area contributed by atoms with Crippen LogP contribution < -0.4 is 5.43 Å². The van der Waals surface area contributed by atoms with Gasteiger partial charge >= 0.3 is 6.09 Å². The molecule has 1 aromatic rings. The van der Waals surface area contributed by atoms with E-state index in [1.54, 1.807) is 39.0 Å². The van der Waals surface area contributed by atoms with Gasteiger partial charge in [-0.25, -0.2) is 10.2 Å². The summed E-state index contributed by atoms with van der Waals surface area (Å²) in [5, 5.41) is 13.1. The molecule has 18 heavy (non-hydrogen) atoms. The number of halogens is 1. The lowest BCUT2D eigenvalue weighted by Crippen LogP contribution is -2.29. The number of hydrazone groups is 1. The number of ether oxygens (including phenoxy) is 1. The van der Waals surface area contributed by atoms with Gasteiger partial charge in [-0.2, -0.15) is 5.10 Å². The van der Waals surface area contributed by atoms with Crippen LogP contribution in [-0.2, 0) is 4.74 Å². The number of phenolic OH excluding ortho intramolecular Hbond substituents is 1. The lowest BCUT2D eigenvalue weighted by Gasteiger charge is -2.18. The highest BCUT2D eigenvalue weighted by Gasteiger charge is 2.15. The van der Waals surface area contributed by atoms with Gasteiger partial charge in [0.05, 0.1) is 9.78 Å². The predicted molar refractivity (Wildman–Crippen MR) is 77.8 cm³/mol. The molecule has 0 aromatic heterocycles. The first-order valence-electron chi connectivity index (χ1n) is 5.28. The summed E-state index contributed by atoms with van der Waals surface area (Å²) in [7, 11) is 0. The molecule has 0 radical (unpaired) electrons. The van der Waals surface area contributed by atoms with Crippen LogP contribution in [-0.4, -0.2) is 23.0 Å². The number of nitrogens with one attached hydrogen (secondary N) is 1. The Morgan fingerprint density at radius 3 is 2.72 bits per heavy atom. The summed E-state index contributed by atoms with van der Waals surface area (Å²) in [6.07, 6.45) is 0.873. The molecule has 1 amide bonds. The van der Waals surface area contributed by atoms with Crippen molar-refractivity contribution in [3.05, 3.63) is 27.3 Å². The van der Waals surface area contributed by atoms with E-state index in [4.69, 9.17) is 4.74 Å². The second-order valence-corrected chi connectivity index (χ2v) is 5.74. The predicted octanol–water partition coefficient (Wildman–Crippen LogP) is 2.86. The van der Waals surface area contributed by atoms with Gasteiger partial charge in [0.1, 0.15) is 11.4 Å². The minimum Gasteiger partial charge on any atom is -0.507 e. The van der Waals surface area contributed by atoms with E-state index in [1.165, 1.54) is 6.21 Å². The Kier molecular flexibility index (Phi) is 4.94. The van der Waals surface area contributed by atoms with Crippen molar-refractivity contribution in [2.24, 2.45) is 5.10 Å². The number of amides is 1. The van der Waals surface area contributed by atoms with E-state index >= 15 is 0 Å². The highest BCUT2D eigenvalue weighted by atomic mass is 127. The lowest BCUT2D eigenvalue weighted by molar-refractivity contribution is 0.0529. The topological polar surface area (TPSA) is 70.9 Å². The second kappa shape index (κ2) is 6.03. The number of nitrogens with zero attached hydrogens (tertiary/aromatic N) is 1. The molecule has 0 atom stereocenters. The van der Waals surface area contributed by atoms with E-state index in [0.29, 0.717) is 3.57 Å². The fourth-order valence-corrected chi connectivity index (χ4v) is 1.60. The molecule has 1 aromatic carbocycles. The average molecular weight is 362 g/mol. The van der Waals surface area contributed by atoms with Crippen LogP contribution >= 0.6 is 22.6 Å². The standard InChI is InChI=1S/C12H15IN2O3/c1-12(2,3)18-11(17)15-14-7-8-4-5-10(16)9(13)6-8/h4-7,16H,1-3H3,(H,15,17)/b14-7+. The van der Waals surface area contributed by atoms with Crippen molar-refractivity contribution in [3.8, 4) is 5.75 Å². The largest absolute Gasteiger partial charge is 0.507 e. The molecule has 0 aliphatic rings. The Morgan fingerprint density at radius 1 is 1.50 bits per heavy atom. The van der Waals surface area contributed by atoms with Crippen LogP contribution in [0.5, 0.6) is 5.75 Å². The zero-order valence-corrected chi connectivity index (χ0v) is 12.6. The van der Waals surface area contributed by atoms with Gasteiger partial charge in [0.2, 0.25) is 0 Å². The van der Waals surface area contributed by atoms with Gasteiger partial charge in [0, 0.05) is 0 Å². The molecular weight excluding hydrogens is 347 g/mol. The normalized spacial score (nSPS) is 11.6. The second-order valence-electron chi connectivity index (χ2n) is 4.58. The molecule has 0 unspecified atom stereocenters. The molecule has 0 bridgehead atoms. The molecule has 0 saturated carbocycles. The summed E-state index contributed by atoms with van der Waals surface area (Å²) in [5.41, 5.74) is 2.49. The number of aromatic hydroxyl groups is 1. The number of hydrogen-bond acceptors (Lipinski definition) is 4. The molecule has 2 N–H and O–H groups in total. The van der Waals surface area contributed by atoms with Crippen LogP contribution in [0.3, 0.4) is 0 Å². The fourth-order valence-electron chi connectivity index (χ4n) is 1.06. The fraction of sp³-hybridized carbons (Fsp3) is 0.333. The minimum absolute atomic E-state index is 0.216. The van der Waals surface area contributed by atoms with Crippen molar-refractivity contribution < 1.29 is 14.6 Å². The summed E-state index contributed by atoms with van der Waals surface area (Å²) in [4.78, 5) is 11.3. The first-order chi connectivity index (χ1) is 8.28. The molecule has 0 heterocycles. The van der Waals surface area contributed by atoms with E-state index in [2.05, 4.69) is 10.5 Å². The van der Waals surface area contributed by atoms with Crippen molar-refractivity contribution >= 4 is 34.9 Å². The van der Waals surface area contributed by atoms with E-state index in [0.717, 1.165) is 5.56 Å².